The molecule has 0 radical (unpaired) electrons. The molecule has 9 nitrogen and oxygen atoms in total. The molecule has 12 heteroatoms. The van der Waals surface area contributed by atoms with E-state index >= 15 is 0 Å². The minimum atomic E-state index is -1.65. The molecule has 3 amide bonds. The second-order valence-electron chi connectivity index (χ2n) is 5.61. The van der Waals surface area contributed by atoms with Crippen LogP contribution in [-0.2, 0) is 7.05 Å². The van der Waals surface area contributed by atoms with Crippen LogP contribution in [0.2, 0.25) is 0 Å². The summed E-state index contributed by atoms with van der Waals surface area (Å²) in [7, 11) is 1.40. The molecule has 2 aromatic rings. The van der Waals surface area contributed by atoms with Crippen molar-refractivity contribution in [3.8, 4) is 0 Å². The smallest absolute Gasteiger partial charge is 0.323 e. The number of anilines is 2. The maximum Gasteiger partial charge on any atom is 0.323 e. The van der Waals surface area contributed by atoms with Gasteiger partial charge in [0.2, 0.25) is 0 Å². The summed E-state index contributed by atoms with van der Waals surface area (Å²) in [4.78, 5) is 25.5. The molecule has 1 aromatic heterocycles. The Balaban J connectivity index is 2.12. The van der Waals surface area contributed by atoms with Crippen molar-refractivity contribution >= 4 is 23.4 Å². The highest BCUT2D eigenvalue weighted by Gasteiger charge is 2.19. The standard InChI is InChI=1S/C16H18F3N5O4/c1-23-12(15(27)20-9-6-10(17)14(19)11(18)7-9)8-13(22-23)21-16(28)24(2-4-25)3-5-26/h6-8,25-26H,2-5H2,1H3,(H,20,27)(H,21,22,28). The van der Waals surface area contributed by atoms with Crippen molar-refractivity contribution in [3.63, 3.8) is 0 Å². The van der Waals surface area contributed by atoms with Crippen LogP contribution in [0.25, 0.3) is 0 Å². The molecular weight excluding hydrogens is 383 g/mol. The van der Waals surface area contributed by atoms with Gasteiger partial charge in [-0.1, -0.05) is 0 Å². The molecule has 0 fully saturated rings. The van der Waals surface area contributed by atoms with Crippen molar-refractivity contribution in [1.29, 1.82) is 0 Å². The average Bonchev–Trinajstić information content (AvgIpc) is 2.99. The van der Waals surface area contributed by atoms with Gasteiger partial charge in [-0.25, -0.2) is 18.0 Å². The summed E-state index contributed by atoms with van der Waals surface area (Å²) < 4.78 is 40.6. The highest BCUT2D eigenvalue weighted by Crippen LogP contribution is 2.19. The number of halogens is 3. The van der Waals surface area contributed by atoms with Gasteiger partial charge in [0, 0.05) is 44.0 Å². The first-order valence-electron chi connectivity index (χ1n) is 8.04. The number of nitrogens with zero attached hydrogens (tertiary/aromatic N) is 3. The number of aliphatic hydroxyl groups is 2. The molecular formula is C16H18F3N5O4. The van der Waals surface area contributed by atoms with E-state index in [1.54, 1.807) is 0 Å². The predicted molar refractivity (Wildman–Crippen MR) is 92.2 cm³/mol. The number of hydrogen-bond acceptors (Lipinski definition) is 5. The maximum atomic E-state index is 13.2. The third-order valence-electron chi connectivity index (χ3n) is 3.62. The summed E-state index contributed by atoms with van der Waals surface area (Å²) >= 11 is 0. The fourth-order valence-corrected chi connectivity index (χ4v) is 2.31. The minimum absolute atomic E-state index is 0.00463. The Morgan fingerprint density at radius 2 is 1.64 bits per heavy atom. The van der Waals surface area contributed by atoms with Gasteiger partial charge < -0.3 is 20.4 Å². The number of aliphatic hydroxyl groups excluding tert-OH is 2. The van der Waals surface area contributed by atoms with Gasteiger partial charge in [-0.05, 0) is 0 Å². The van der Waals surface area contributed by atoms with Crippen molar-refractivity contribution in [3.05, 3.63) is 41.3 Å². The quantitative estimate of drug-likeness (QED) is 0.514. The SMILES string of the molecule is Cn1nc(NC(=O)N(CCO)CCO)cc1C(=O)Nc1cc(F)c(F)c(F)c1. The fraction of sp³-hybridized carbons (Fsp3) is 0.312. The molecule has 0 bridgehead atoms. The van der Waals surface area contributed by atoms with E-state index in [0.717, 1.165) is 9.58 Å². The molecule has 0 aliphatic rings. The molecule has 28 heavy (non-hydrogen) atoms. The van der Waals surface area contributed by atoms with Gasteiger partial charge in [-0.15, -0.1) is 0 Å². The zero-order chi connectivity index (χ0) is 20.8. The van der Waals surface area contributed by atoms with Crippen LogP contribution in [0.3, 0.4) is 0 Å². The molecule has 0 aliphatic heterocycles. The Hall–Kier alpha value is -3.12. The number of rotatable bonds is 7. The van der Waals surface area contributed by atoms with Gasteiger partial charge in [0.15, 0.2) is 23.3 Å². The van der Waals surface area contributed by atoms with E-state index in [-0.39, 0.29) is 43.5 Å². The third-order valence-corrected chi connectivity index (χ3v) is 3.62. The van der Waals surface area contributed by atoms with Gasteiger partial charge in [0.25, 0.3) is 5.91 Å². The lowest BCUT2D eigenvalue weighted by Crippen LogP contribution is -2.39. The highest BCUT2D eigenvalue weighted by atomic mass is 19.2. The van der Waals surface area contributed by atoms with Crippen LogP contribution in [0.4, 0.5) is 29.5 Å². The largest absolute Gasteiger partial charge is 0.395 e. The zero-order valence-corrected chi connectivity index (χ0v) is 14.7. The molecule has 0 saturated carbocycles. The second kappa shape index (κ2) is 9.19. The van der Waals surface area contributed by atoms with E-state index in [1.165, 1.54) is 13.1 Å². The van der Waals surface area contributed by atoms with E-state index in [9.17, 15) is 22.8 Å². The molecule has 152 valence electrons. The summed E-state index contributed by atoms with van der Waals surface area (Å²) in [5.41, 5.74) is -0.360. The lowest BCUT2D eigenvalue weighted by molar-refractivity contribution is 0.101. The lowest BCUT2D eigenvalue weighted by Gasteiger charge is -2.20. The Kier molecular flexibility index (Phi) is 6.95. The van der Waals surface area contributed by atoms with E-state index in [1.807, 2.05) is 0 Å². The number of hydrogen-bond donors (Lipinski definition) is 4. The average molecular weight is 401 g/mol. The van der Waals surface area contributed by atoms with Crippen LogP contribution in [0.15, 0.2) is 18.2 Å². The topological polar surface area (TPSA) is 120 Å². The number of benzene rings is 1. The Morgan fingerprint density at radius 3 is 2.18 bits per heavy atom. The van der Waals surface area contributed by atoms with Crippen LogP contribution in [-0.4, -0.2) is 63.1 Å². The third kappa shape index (κ3) is 4.98. The minimum Gasteiger partial charge on any atom is -0.395 e. The van der Waals surface area contributed by atoms with Crippen LogP contribution in [0.5, 0.6) is 0 Å². The van der Waals surface area contributed by atoms with Gasteiger partial charge in [-0.3, -0.25) is 14.8 Å². The van der Waals surface area contributed by atoms with Gasteiger partial charge in [0.05, 0.1) is 13.2 Å². The van der Waals surface area contributed by atoms with Crippen LogP contribution >= 0.6 is 0 Å². The molecule has 1 aromatic carbocycles. The Morgan fingerprint density at radius 1 is 1.07 bits per heavy atom. The number of amides is 3. The van der Waals surface area contributed by atoms with Gasteiger partial charge in [0.1, 0.15) is 5.69 Å². The number of carbonyl (C=O) groups excluding carboxylic acids is 2. The van der Waals surface area contributed by atoms with Crippen LogP contribution < -0.4 is 10.6 Å². The van der Waals surface area contributed by atoms with Gasteiger partial charge in [-0.2, -0.15) is 5.10 Å². The van der Waals surface area contributed by atoms with Crippen LogP contribution in [0, 0.1) is 17.5 Å². The number of nitrogens with one attached hydrogen (secondary N) is 2. The molecule has 1 heterocycles. The first-order valence-corrected chi connectivity index (χ1v) is 8.04. The van der Waals surface area contributed by atoms with E-state index in [2.05, 4.69) is 15.7 Å². The fourth-order valence-electron chi connectivity index (χ4n) is 2.31. The van der Waals surface area contributed by atoms with E-state index in [0.29, 0.717) is 12.1 Å². The maximum absolute atomic E-state index is 13.2. The van der Waals surface area contributed by atoms with Crippen LogP contribution in [0.1, 0.15) is 10.5 Å². The lowest BCUT2D eigenvalue weighted by atomic mass is 10.2. The molecule has 0 saturated heterocycles. The first kappa shape index (κ1) is 21.2. The van der Waals surface area contributed by atoms with Crippen molar-refractivity contribution in [1.82, 2.24) is 14.7 Å². The van der Waals surface area contributed by atoms with Crippen molar-refractivity contribution in [2.24, 2.45) is 7.05 Å². The summed E-state index contributed by atoms with van der Waals surface area (Å²) in [5.74, 6) is -5.38. The van der Waals surface area contributed by atoms with E-state index < -0.39 is 29.4 Å². The zero-order valence-electron chi connectivity index (χ0n) is 14.7. The monoisotopic (exact) mass is 401 g/mol. The number of carbonyl (C=O) groups is 2. The highest BCUT2D eigenvalue weighted by molar-refractivity contribution is 6.04. The summed E-state index contributed by atoms with van der Waals surface area (Å²) in [6.07, 6.45) is 0. The predicted octanol–water partition coefficient (Wildman–Crippen LogP) is 0.908. The molecule has 4 N–H and O–H groups in total. The van der Waals surface area contributed by atoms with Crippen molar-refractivity contribution in [2.75, 3.05) is 36.9 Å². The molecule has 0 unspecified atom stereocenters. The van der Waals surface area contributed by atoms with E-state index in [4.69, 9.17) is 10.2 Å². The molecule has 0 aliphatic carbocycles. The summed E-state index contributed by atoms with van der Waals surface area (Å²) in [6.45, 7) is -0.662. The van der Waals surface area contributed by atoms with Crippen molar-refractivity contribution in [2.45, 2.75) is 0 Å². The second-order valence-corrected chi connectivity index (χ2v) is 5.61. The number of aryl methyl sites for hydroxylation is 1. The molecule has 0 atom stereocenters. The van der Waals surface area contributed by atoms with Crippen molar-refractivity contribution < 1.29 is 33.0 Å². The Labute approximate surface area is 157 Å². The van der Waals surface area contributed by atoms with Gasteiger partial charge >= 0.3 is 6.03 Å². The Bertz CT molecular complexity index is 845. The summed E-state index contributed by atoms with van der Waals surface area (Å²) in [6, 6.07) is 1.80. The molecule has 0 spiro atoms. The normalized spacial score (nSPS) is 10.6. The molecule has 2 rings (SSSR count). The summed E-state index contributed by atoms with van der Waals surface area (Å²) in [5, 5.41) is 26.4. The first-order chi connectivity index (χ1) is 13.3. The number of aromatic nitrogens is 2. The number of urea groups is 1.